The highest BCUT2D eigenvalue weighted by Crippen LogP contribution is 2.33. The van der Waals surface area contributed by atoms with Crippen LogP contribution < -0.4 is 4.74 Å². The minimum absolute atomic E-state index is 0.0715. The molecule has 1 saturated carbocycles. The fourth-order valence-corrected chi connectivity index (χ4v) is 4.00. The zero-order chi connectivity index (χ0) is 19.6. The highest BCUT2D eigenvalue weighted by Gasteiger charge is 2.31. The average molecular weight is 389 g/mol. The smallest absolute Gasteiger partial charge is 0.242 e. The van der Waals surface area contributed by atoms with Gasteiger partial charge in [0.05, 0.1) is 18.1 Å². The van der Waals surface area contributed by atoms with E-state index in [1.807, 2.05) is 0 Å². The first kappa shape index (κ1) is 19.5. The third-order valence-electron chi connectivity index (χ3n) is 4.73. The van der Waals surface area contributed by atoms with Gasteiger partial charge in [0.25, 0.3) is 0 Å². The van der Waals surface area contributed by atoms with Crippen LogP contribution in [-0.2, 0) is 10.0 Å². The number of aliphatic hydroxyl groups excluding tert-OH is 1. The number of methoxy groups -OCH3 is 1. The zero-order valence-electron chi connectivity index (χ0n) is 15.3. The number of ether oxygens (including phenoxy) is 1. The molecule has 1 atom stereocenters. The van der Waals surface area contributed by atoms with Crippen LogP contribution in [0.15, 0.2) is 53.4 Å². The number of likely N-dealkylation sites (N-methyl/N-ethyl adjacent to an activating group) is 1. The molecule has 144 valence electrons. The number of hydrogen-bond acceptors (Lipinski definition) is 5. The number of Topliss-reactive ketones (excluding diaryl/α,β-unsaturated/α-hetero) is 1. The summed E-state index contributed by atoms with van der Waals surface area (Å²) in [4.78, 5) is 12.1. The zero-order valence-corrected chi connectivity index (χ0v) is 16.1. The predicted octanol–water partition coefficient (Wildman–Crippen LogP) is 2.64. The Labute approximate surface area is 159 Å². The molecule has 3 rings (SSSR count). The summed E-state index contributed by atoms with van der Waals surface area (Å²) in [5.74, 6) is 0.824. The maximum Gasteiger partial charge on any atom is 0.242 e. The summed E-state index contributed by atoms with van der Waals surface area (Å²) >= 11 is 0. The molecular formula is C20H23NO5S. The summed E-state index contributed by atoms with van der Waals surface area (Å²) in [5.41, 5.74) is 1.14. The summed E-state index contributed by atoms with van der Waals surface area (Å²) in [7, 11) is -0.792. The minimum Gasteiger partial charge on any atom is -0.497 e. The van der Waals surface area contributed by atoms with Gasteiger partial charge in [-0.1, -0.05) is 24.3 Å². The summed E-state index contributed by atoms with van der Waals surface area (Å²) in [6.07, 6.45) is 0.849. The molecule has 1 N–H and O–H groups in total. The Morgan fingerprint density at radius 3 is 2.26 bits per heavy atom. The Bertz CT molecular complexity index is 902. The van der Waals surface area contributed by atoms with Crippen LogP contribution in [0.25, 0.3) is 0 Å². The van der Waals surface area contributed by atoms with Gasteiger partial charge < -0.3 is 9.84 Å². The Balaban J connectivity index is 1.70. The van der Waals surface area contributed by atoms with Gasteiger partial charge in [-0.3, -0.25) is 4.79 Å². The van der Waals surface area contributed by atoms with Crippen LogP contribution >= 0.6 is 0 Å². The van der Waals surface area contributed by atoms with E-state index >= 15 is 0 Å². The lowest BCUT2D eigenvalue weighted by Crippen LogP contribution is -2.31. The van der Waals surface area contributed by atoms with E-state index in [-0.39, 0.29) is 23.1 Å². The monoisotopic (exact) mass is 389 g/mol. The van der Waals surface area contributed by atoms with E-state index in [2.05, 4.69) is 0 Å². The largest absolute Gasteiger partial charge is 0.497 e. The number of ketones is 1. The minimum atomic E-state index is -3.76. The SMILES string of the molecule is COc1ccc(C(O)CN(C)S(=O)(=O)c2ccc(C(=O)C3CC3)cc2)cc1. The normalized spacial score (nSPS) is 15.6. The van der Waals surface area contributed by atoms with E-state index in [1.54, 1.807) is 43.5 Å². The lowest BCUT2D eigenvalue weighted by atomic mass is 10.1. The Hall–Kier alpha value is -2.22. The van der Waals surface area contributed by atoms with Crippen molar-refractivity contribution in [2.75, 3.05) is 20.7 Å². The lowest BCUT2D eigenvalue weighted by molar-refractivity contribution is 0.0967. The van der Waals surface area contributed by atoms with Gasteiger partial charge in [0.2, 0.25) is 10.0 Å². The molecule has 0 aliphatic heterocycles. The summed E-state index contributed by atoms with van der Waals surface area (Å²) in [6, 6.07) is 12.8. The molecule has 1 aliphatic rings. The van der Waals surface area contributed by atoms with Gasteiger partial charge in [0.15, 0.2) is 5.78 Å². The molecule has 1 unspecified atom stereocenters. The van der Waals surface area contributed by atoms with Gasteiger partial charge in [-0.25, -0.2) is 8.42 Å². The molecule has 0 bridgehead atoms. The maximum absolute atomic E-state index is 12.7. The number of carbonyl (C=O) groups is 1. The summed E-state index contributed by atoms with van der Waals surface area (Å²) < 4.78 is 31.7. The van der Waals surface area contributed by atoms with Gasteiger partial charge in [-0.05, 0) is 42.7 Å². The van der Waals surface area contributed by atoms with Crippen LogP contribution in [0.2, 0.25) is 0 Å². The Morgan fingerprint density at radius 1 is 1.15 bits per heavy atom. The highest BCUT2D eigenvalue weighted by molar-refractivity contribution is 7.89. The van der Waals surface area contributed by atoms with Gasteiger partial charge in [0.1, 0.15) is 5.75 Å². The second-order valence-corrected chi connectivity index (χ2v) is 8.78. The number of benzene rings is 2. The number of aliphatic hydroxyl groups is 1. The van der Waals surface area contributed by atoms with Crippen LogP contribution in [0.3, 0.4) is 0 Å². The molecule has 1 aliphatic carbocycles. The van der Waals surface area contributed by atoms with E-state index < -0.39 is 16.1 Å². The van der Waals surface area contributed by atoms with E-state index in [9.17, 15) is 18.3 Å². The molecule has 27 heavy (non-hydrogen) atoms. The van der Waals surface area contributed by atoms with Crippen LogP contribution in [-0.4, -0.2) is 44.3 Å². The molecule has 0 saturated heterocycles. The van der Waals surface area contributed by atoms with E-state index in [0.717, 1.165) is 17.1 Å². The summed E-state index contributed by atoms with van der Waals surface area (Å²) in [6.45, 7) is -0.0859. The van der Waals surface area contributed by atoms with Crippen molar-refractivity contribution in [3.8, 4) is 5.75 Å². The molecular weight excluding hydrogens is 366 g/mol. The van der Waals surface area contributed by atoms with Crippen LogP contribution in [0.1, 0.15) is 34.9 Å². The van der Waals surface area contributed by atoms with Crippen molar-refractivity contribution in [2.24, 2.45) is 5.92 Å². The third kappa shape index (κ3) is 4.37. The predicted molar refractivity (Wildman–Crippen MR) is 101 cm³/mol. The van der Waals surface area contributed by atoms with Crippen LogP contribution in [0.4, 0.5) is 0 Å². The van der Waals surface area contributed by atoms with Crippen LogP contribution in [0, 0.1) is 5.92 Å². The first-order chi connectivity index (χ1) is 12.8. The number of rotatable bonds is 8. The molecule has 0 heterocycles. The number of hydrogen-bond donors (Lipinski definition) is 1. The molecule has 0 spiro atoms. The number of nitrogens with zero attached hydrogens (tertiary/aromatic N) is 1. The van der Waals surface area contributed by atoms with E-state index in [0.29, 0.717) is 16.9 Å². The van der Waals surface area contributed by atoms with Crippen LogP contribution in [0.5, 0.6) is 5.75 Å². The first-order valence-electron chi connectivity index (χ1n) is 8.75. The Morgan fingerprint density at radius 2 is 1.74 bits per heavy atom. The number of sulfonamides is 1. The molecule has 0 aromatic heterocycles. The standard InChI is InChI=1S/C20H23NO5S/c1-21(13-19(22)14-5-9-17(26-2)10-6-14)27(24,25)18-11-7-16(8-12-18)20(23)15-3-4-15/h5-12,15,19,22H,3-4,13H2,1-2H3. The highest BCUT2D eigenvalue weighted by atomic mass is 32.2. The second kappa shape index (κ2) is 7.80. The van der Waals surface area contributed by atoms with E-state index in [1.165, 1.54) is 19.2 Å². The first-order valence-corrected chi connectivity index (χ1v) is 10.2. The second-order valence-electron chi connectivity index (χ2n) is 6.74. The van der Waals surface area contributed by atoms with Gasteiger partial charge in [-0.15, -0.1) is 0 Å². The molecule has 0 radical (unpaired) electrons. The molecule has 1 fully saturated rings. The quantitative estimate of drug-likeness (QED) is 0.702. The van der Waals surface area contributed by atoms with Gasteiger partial charge in [0, 0.05) is 25.1 Å². The Kier molecular flexibility index (Phi) is 5.64. The van der Waals surface area contributed by atoms with Crippen molar-refractivity contribution in [1.82, 2.24) is 4.31 Å². The maximum atomic E-state index is 12.7. The molecule has 0 amide bonds. The molecule has 2 aromatic rings. The average Bonchev–Trinajstić information content (AvgIpc) is 3.52. The van der Waals surface area contributed by atoms with Gasteiger partial charge in [-0.2, -0.15) is 4.31 Å². The molecule has 6 nitrogen and oxygen atoms in total. The third-order valence-corrected chi connectivity index (χ3v) is 6.56. The van der Waals surface area contributed by atoms with E-state index in [4.69, 9.17) is 4.74 Å². The van der Waals surface area contributed by atoms with Gasteiger partial charge >= 0.3 is 0 Å². The number of carbonyl (C=O) groups excluding carboxylic acids is 1. The molecule has 2 aromatic carbocycles. The fraction of sp³-hybridized carbons (Fsp3) is 0.350. The lowest BCUT2D eigenvalue weighted by Gasteiger charge is -2.21. The molecule has 7 heteroatoms. The van der Waals surface area contributed by atoms with Crippen molar-refractivity contribution >= 4 is 15.8 Å². The topological polar surface area (TPSA) is 83.9 Å². The van der Waals surface area contributed by atoms with Crippen molar-refractivity contribution in [1.29, 1.82) is 0 Å². The fourth-order valence-electron chi connectivity index (χ4n) is 2.83. The van der Waals surface area contributed by atoms with Crippen molar-refractivity contribution in [2.45, 2.75) is 23.8 Å². The van der Waals surface area contributed by atoms with Crippen molar-refractivity contribution < 1.29 is 23.1 Å². The summed E-state index contributed by atoms with van der Waals surface area (Å²) in [5, 5.41) is 10.4. The van der Waals surface area contributed by atoms with Crippen molar-refractivity contribution in [3.05, 3.63) is 59.7 Å². The van der Waals surface area contributed by atoms with Crippen molar-refractivity contribution in [3.63, 3.8) is 0 Å².